The molecule has 24 heavy (non-hydrogen) atoms. The Morgan fingerprint density at radius 2 is 2.00 bits per heavy atom. The van der Waals surface area contributed by atoms with Crippen molar-refractivity contribution in [2.45, 2.75) is 33.8 Å². The second-order valence-corrected chi connectivity index (χ2v) is 5.97. The van der Waals surface area contributed by atoms with E-state index in [0.29, 0.717) is 33.8 Å². The van der Waals surface area contributed by atoms with Crippen LogP contribution in [0.4, 0.5) is 0 Å². The fourth-order valence-corrected chi connectivity index (χ4v) is 2.86. The number of carbonyl (C=O) groups excluding carboxylic acids is 2. The van der Waals surface area contributed by atoms with Crippen LogP contribution in [0.15, 0.2) is 18.2 Å². The highest BCUT2D eigenvalue weighted by molar-refractivity contribution is 6.32. The quantitative estimate of drug-likeness (QED) is 0.831. The Morgan fingerprint density at radius 3 is 2.50 bits per heavy atom. The number of rotatable bonds is 5. The summed E-state index contributed by atoms with van der Waals surface area (Å²) in [6, 6.07) is 6.58. The first-order chi connectivity index (χ1) is 11.3. The third-order valence-corrected chi connectivity index (χ3v) is 4.07. The number of hydrogen-bond donors (Lipinski definition) is 1. The zero-order valence-electron chi connectivity index (χ0n) is 13.9. The first-order valence-electron chi connectivity index (χ1n) is 7.36. The lowest BCUT2D eigenvalue weighted by Gasteiger charge is -2.14. The van der Waals surface area contributed by atoms with Gasteiger partial charge in [0.05, 0.1) is 22.3 Å². The normalized spacial score (nSPS) is 11.7. The van der Waals surface area contributed by atoms with Gasteiger partial charge < -0.3 is 9.72 Å². The van der Waals surface area contributed by atoms with Gasteiger partial charge in [0, 0.05) is 11.3 Å². The lowest BCUT2D eigenvalue weighted by atomic mass is 10.0. The van der Waals surface area contributed by atoms with Gasteiger partial charge in [-0.15, -0.1) is 0 Å². The van der Waals surface area contributed by atoms with Gasteiger partial charge in [0.2, 0.25) is 5.78 Å². The van der Waals surface area contributed by atoms with Crippen molar-refractivity contribution in [3.05, 3.63) is 51.3 Å². The smallest absolute Gasteiger partial charge is 0.219 e. The number of hydrogen-bond acceptors (Lipinski definition) is 4. The van der Waals surface area contributed by atoms with Crippen molar-refractivity contribution in [1.82, 2.24) is 4.98 Å². The average Bonchev–Trinajstić information content (AvgIpc) is 2.83. The van der Waals surface area contributed by atoms with Crippen molar-refractivity contribution in [3.8, 4) is 11.8 Å². The number of aryl methyl sites for hydroxylation is 1. The monoisotopic (exact) mass is 344 g/mol. The molecule has 0 fully saturated rings. The Morgan fingerprint density at radius 1 is 1.33 bits per heavy atom. The van der Waals surface area contributed by atoms with Gasteiger partial charge in [-0.2, -0.15) is 5.26 Å². The average molecular weight is 345 g/mol. The zero-order chi connectivity index (χ0) is 18.0. The van der Waals surface area contributed by atoms with Crippen molar-refractivity contribution in [2.24, 2.45) is 0 Å². The number of ketones is 2. The largest absolute Gasteiger partial charge is 0.481 e. The SMILES string of the molecule is CC(=O)c1c(C)[nH]c(C(=O)C(C)Oc2ccc(C#N)cc2Cl)c1C. The summed E-state index contributed by atoms with van der Waals surface area (Å²) in [5, 5.41) is 9.10. The minimum atomic E-state index is -0.799. The summed E-state index contributed by atoms with van der Waals surface area (Å²) in [6.07, 6.45) is -0.799. The van der Waals surface area contributed by atoms with Gasteiger partial charge in [0.15, 0.2) is 11.9 Å². The van der Waals surface area contributed by atoms with Gasteiger partial charge in [-0.05, 0) is 51.5 Å². The lowest BCUT2D eigenvalue weighted by molar-refractivity contribution is 0.0813. The van der Waals surface area contributed by atoms with E-state index >= 15 is 0 Å². The van der Waals surface area contributed by atoms with Crippen LogP contribution in [-0.4, -0.2) is 22.7 Å². The topological polar surface area (TPSA) is 82.9 Å². The van der Waals surface area contributed by atoms with Crippen molar-refractivity contribution < 1.29 is 14.3 Å². The van der Waals surface area contributed by atoms with Crippen molar-refractivity contribution in [1.29, 1.82) is 5.26 Å². The highest BCUT2D eigenvalue weighted by Crippen LogP contribution is 2.27. The van der Waals surface area contributed by atoms with E-state index in [1.165, 1.54) is 13.0 Å². The molecule has 0 aliphatic carbocycles. The van der Waals surface area contributed by atoms with E-state index < -0.39 is 6.10 Å². The van der Waals surface area contributed by atoms with E-state index in [0.717, 1.165) is 0 Å². The number of aromatic amines is 1. The third kappa shape index (κ3) is 3.34. The molecular formula is C18H17ClN2O3. The highest BCUT2D eigenvalue weighted by atomic mass is 35.5. The van der Waals surface area contributed by atoms with E-state index in [2.05, 4.69) is 4.98 Å². The van der Waals surface area contributed by atoms with Crippen LogP contribution < -0.4 is 4.74 Å². The maximum atomic E-state index is 12.6. The number of ether oxygens (including phenoxy) is 1. The van der Waals surface area contributed by atoms with Crippen LogP contribution in [0.25, 0.3) is 0 Å². The number of benzene rings is 1. The van der Waals surface area contributed by atoms with Gasteiger partial charge in [-0.3, -0.25) is 9.59 Å². The predicted octanol–water partition coefficient (Wildman–Crippen LogP) is 4.01. The Balaban J connectivity index is 2.27. The fraction of sp³-hybridized carbons (Fsp3) is 0.278. The van der Waals surface area contributed by atoms with Gasteiger partial charge in [-0.1, -0.05) is 11.6 Å². The Bertz CT molecular complexity index is 862. The minimum Gasteiger partial charge on any atom is -0.481 e. The van der Waals surface area contributed by atoms with E-state index in [-0.39, 0.29) is 16.6 Å². The first-order valence-corrected chi connectivity index (χ1v) is 7.74. The minimum absolute atomic E-state index is 0.0935. The van der Waals surface area contributed by atoms with Crippen LogP contribution in [0.2, 0.25) is 5.02 Å². The standard InChI is InChI=1S/C18H17ClN2O3/c1-9-16(11(3)22)10(2)21-17(9)18(23)12(4)24-15-6-5-13(8-20)7-14(15)19/h5-7,12,21H,1-4H3. The molecule has 1 atom stereocenters. The third-order valence-electron chi connectivity index (χ3n) is 3.77. The number of aromatic nitrogens is 1. The summed E-state index contributed by atoms with van der Waals surface area (Å²) >= 11 is 6.07. The fourth-order valence-electron chi connectivity index (χ4n) is 2.64. The molecule has 1 aromatic heterocycles. The zero-order valence-corrected chi connectivity index (χ0v) is 14.6. The highest BCUT2D eigenvalue weighted by Gasteiger charge is 2.25. The molecule has 1 heterocycles. The number of Topliss-reactive ketones (excluding diaryl/α,β-unsaturated/α-hetero) is 2. The molecule has 1 N–H and O–H groups in total. The molecule has 1 unspecified atom stereocenters. The summed E-state index contributed by atoms with van der Waals surface area (Å²) in [4.78, 5) is 27.3. The Hall–Kier alpha value is -2.58. The molecule has 0 saturated carbocycles. The molecule has 0 saturated heterocycles. The molecule has 1 aromatic carbocycles. The molecule has 0 aliphatic heterocycles. The molecular weight excluding hydrogens is 328 g/mol. The predicted molar refractivity (Wildman–Crippen MR) is 90.9 cm³/mol. The van der Waals surface area contributed by atoms with Crippen LogP contribution in [0.3, 0.4) is 0 Å². The van der Waals surface area contributed by atoms with Crippen LogP contribution in [-0.2, 0) is 0 Å². The molecule has 0 bridgehead atoms. The van der Waals surface area contributed by atoms with Crippen molar-refractivity contribution >= 4 is 23.2 Å². The van der Waals surface area contributed by atoms with Crippen molar-refractivity contribution in [3.63, 3.8) is 0 Å². The summed E-state index contributed by atoms with van der Waals surface area (Å²) in [5.74, 6) is -0.0447. The molecule has 5 nitrogen and oxygen atoms in total. The number of halogens is 1. The number of carbonyl (C=O) groups is 2. The van der Waals surface area contributed by atoms with Gasteiger partial charge >= 0.3 is 0 Å². The van der Waals surface area contributed by atoms with Gasteiger partial charge in [0.1, 0.15) is 5.75 Å². The summed E-state index contributed by atoms with van der Waals surface area (Å²) < 4.78 is 5.63. The number of nitrogens with one attached hydrogen (secondary N) is 1. The molecule has 2 rings (SSSR count). The molecule has 0 amide bonds. The van der Waals surface area contributed by atoms with E-state index in [1.54, 1.807) is 32.9 Å². The van der Waals surface area contributed by atoms with Crippen LogP contribution in [0.5, 0.6) is 5.75 Å². The Kier molecular flexibility index (Phi) is 5.10. The van der Waals surface area contributed by atoms with E-state index in [4.69, 9.17) is 21.6 Å². The maximum Gasteiger partial charge on any atom is 0.219 e. The molecule has 124 valence electrons. The number of H-pyrrole nitrogens is 1. The summed E-state index contributed by atoms with van der Waals surface area (Å²) in [7, 11) is 0. The van der Waals surface area contributed by atoms with E-state index in [1.807, 2.05) is 6.07 Å². The van der Waals surface area contributed by atoms with Crippen LogP contribution in [0, 0.1) is 25.2 Å². The molecule has 6 heteroatoms. The van der Waals surface area contributed by atoms with Gasteiger partial charge in [-0.25, -0.2) is 0 Å². The maximum absolute atomic E-state index is 12.6. The number of nitrogens with zero attached hydrogens (tertiary/aromatic N) is 1. The molecule has 0 radical (unpaired) electrons. The molecule has 0 aliphatic rings. The van der Waals surface area contributed by atoms with Crippen LogP contribution in [0.1, 0.15) is 51.5 Å². The molecule has 0 spiro atoms. The van der Waals surface area contributed by atoms with Crippen molar-refractivity contribution in [2.75, 3.05) is 0 Å². The Labute approximate surface area is 145 Å². The summed E-state index contributed by atoms with van der Waals surface area (Å²) in [5.41, 5.74) is 2.57. The summed E-state index contributed by atoms with van der Waals surface area (Å²) in [6.45, 7) is 6.56. The first kappa shape index (κ1) is 17.8. The van der Waals surface area contributed by atoms with Crippen LogP contribution >= 0.6 is 11.6 Å². The van der Waals surface area contributed by atoms with Gasteiger partial charge in [0.25, 0.3) is 0 Å². The van der Waals surface area contributed by atoms with E-state index in [9.17, 15) is 9.59 Å². The molecule has 2 aromatic rings. The second-order valence-electron chi connectivity index (χ2n) is 5.56. The second kappa shape index (κ2) is 6.90. The lowest BCUT2D eigenvalue weighted by Crippen LogP contribution is -2.25. The number of nitriles is 1.